The minimum Gasteiger partial charge on any atom is -0.378 e. The molecule has 3 heterocycles. The molecule has 1 aliphatic rings. The van der Waals surface area contributed by atoms with Crippen LogP contribution in [0.4, 0.5) is 21.5 Å². The van der Waals surface area contributed by atoms with Gasteiger partial charge in [-0.25, -0.2) is 9.37 Å². The third kappa shape index (κ3) is 3.76. The predicted molar refractivity (Wildman–Crippen MR) is 122 cm³/mol. The Morgan fingerprint density at radius 1 is 1.06 bits per heavy atom. The van der Waals surface area contributed by atoms with Crippen LogP contribution in [0.15, 0.2) is 67.0 Å². The zero-order chi connectivity index (χ0) is 22.1. The Balaban J connectivity index is 1.43. The molecule has 0 unspecified atom stereocenters. The number of halogens is 1. The summed E-state index contributed by atoms with van der Waals surface area (Å²) in [7, 11) is 0. The number of ether oxygens (including phenoxy) is 1. The number of aromatic nitrogens is 2. The maximum Gasteiger partial charge on any atom is 0.248 e. The van der Waals surface area contributed by atoms with Crippen molar-refractivity contribution < 1.29 is 13.9 Å². The molecule has 0 atom stereocenters. The van der Waals surface area contributed by atoms with Crippen LogP contribution >= 0.6 is 0 Å². The van der Waals surface area contributed by atoms with Crippen molar-refractivity contribution in [3.63, 3.8) is 0 Å². The van der Waals surface area contributed by atoms with Crippen LogP contribution in [0.2, 0.25) is 0 Å². The number of hydrogen-bond acceptors (Lipinski definition) is 5. The highest BCUT2D eigenvalue weighted by molar-refractivity contribution is 5.93. The van der Waals surface area contributed by atoms with Crippen molar-refractivity contribution in [3.8, 4) is 11.3 Å². The van der Waals surface area contributed by atoms with E-state index in [-0.39, 0.29) is 5.82 Å². The summed E-state index contributed by atoms with van der Waals surface area (Å²) < 4.78 is 22.1. The monoisotopic (exact) mass is 431 g/mol. The molecule has 0 radical (unpaired) electrons. The molecule has 8 heteroatoms. The average molecular weight is 431 g/mol. The number of fused-ring (bicyclic) bond motifs is 1. The maximum absolute atomic E-state index is 14.8. The van der Waals surface area contributed by atoms with Crippen LogP contribution < -0.4 is 16.0 Å². The summed E-state index contributed by atoms with van der Waals surface area (Å²) >= 11 is 0. The first-order chi connectivity index (χ1) is 15.6. The molecule has 1 fully saturated rings. The van der Waals surface area contributed by atoms with E-state index in [0.717, 1.165) is 16.9 Å². The highest BCUT2D eigenvalue weighted by Crippen LogP contribution is 2.30. The van der Waals surface area contributed by atoms with Gasteiger partial charge in [0.05, 0.1) is 30.3 Å². The number of nitrogens with zero attached hydrogens (tertiary/aromatic N) is 3. The lowest BCUT2D eigenvalue weighted by molar-refractivity contribution is 0.100. The number of nitrogens with one attached hydrogen (secondary N) is 1. The number of carbonyl (C=O) groups excluding carboxylic acids is 1. The van der Waals surface area contributed by atoms with Crippen LogP contribution in [0.25, 0.3) is 16.9 Å². The second-order valence-corrected chi connectivity index (χ2v) is 7.59. The maximum atomic E-state index is 14.8. The molecule has 5 rings (SSSR count). The van der Waals surface area contributed by atoms with E-state index in [1.54, 1.807) is 24.4 Å². The van der Waals surface area contributed by atoms with Crippen LogP contribution in [0, 0.1) is 5.82 Å². The van der Waals surface area contributed by atoms with Gasteiger partial charge in [0.25, 0.3) is 0 Å². The van der Waals surface area contributed by atoms with Gasteiger partial charge in [0.15, 0.2) is 5.65 Å². The lowest BCUT2D eigenvalue weighted by atomic mass is 10.1. The quantitative estimate of drug-likeness (QED) is 0.502. The first-order valence-electron chi connectivity index (χ1n) is 10.4. The fourth-order valence-electron chi connectivity index (χ4n) is 3.95. The summed E-state index contributed by atoms with van der Waals surface area (Å²) in [5.74, 6) is -0.738. The Hall–Kier alpha value is -3.91. The van der Waals surface area contributed by atoms with Crippen molar-refractivity contribution in [1.82, 2.24) is 9.38 Å². The van der Waals surface area contributed by atoms with Gasteiger partial charge in [-0.1, -0.05) is 12.1 Å². The molecule has 162 valence electrons. The topological polar surface area (TPSA) is 84.9 Å². The summed E-state index contributed by atoms with van der Waals surface area (Å²) in [6, 6.07) is 16.1. The molecule has 4 aromatic rings. The number of carbonyl (C=O) groups is 1. The van der Waals surface area contributed by atoms with Gasteiger partial charge < -0.3 is 20.7 Å². The van der Waals surface area contributed by atoms with Gasteiger partial charge in [-0.15, -0.1) is 0 Å². The Labute approximate surface area is 184 Å². The van der Waals surface area contributed by atoms with Crippen molar-refractivity contribution in [2.24, 2.45) is 5.73 Å². The van der Waals surface area contributed by atoms with Crippen molar-refractivity contribution in [2.75, 3.05) is 36.5 Å². The number of pyridine rings is 1. The number of anilines is 3. The molecule has 0 saturated carbocycles. The number of primary amides is 1. The highest BCUT2D eigenvalue weighted by Gasteiger charge is 2.16. The van der Waals surface area contributed by atoms with Gasteiger partial charge in [-0.2, -0.15) is 0 Å². The van der Waals surface area contributed by atoms with Crippen molar-refractivity contribution in [3.05, 3.63) is 78.4 Å². The van der Waals surface area contributed by atoms with E-state index in [0.29, 0.717) is 48.9 Å². The van der Waals surface area contributed by atoms with E-state index >= 15 is 0 Å². The fraction of sp³-hybridized carbons (Fsp3) is 0.167. The van der Waals surface area contributed by atoms with E-state index in [1.165, 1.54) is 6.07 Å². The second-order valence-electron chi connectivity index (χ2n) is 7.59. The second kappa shape index (κ2) is 8.32. The number of morpholine rings is 1. The minimum atomic E-state index is -0.462. The number of benzene rings is 2. The van der Waals surface area contributed by atoms with E-state index < -0.39 is 5.91 Å². The molecular weight excluding hydrogens is 409 g/mol. The van der Waals surface area contributed by atoms with Gasteiger partial charge in [0, 0.05) is 36.7 Å². The van der Waals surface area contributed by atoms with Gasteiger partial charge in [-0.05, 0) is 48.0 Å². The largest absolute Gasteiger partial charge is 0.378 e. The van der Waals surface area contributed by atoms with Crippen molar-refractivity contribution >= 4 is 28.6 Å². The first kappa shape index (κ1) is 20.0. The van der Waals surface area contributed by atoms with Gasteiger partial charge in [0.2, 0.25) is 5.91 Å². The van der Waals surface area contributed by atoms with E-state index in [2.05, 4.69) is 10.3 Å². The van der Waals surface area contributed by atoms with Crippen LogP contribution in [0.5, 0.6) is 0 Å². The molecule has 1 aliphatic heterocycles. The zero-order valence-corrected chi connectivity index (χ0v) is 17.3. The van der Waals surface area contributed by atoms with E-state index in [1.807, 2.05) is 45.8 Å². The smallest absolute Gasteiger partial charge is 0.248 e. The summed E-state index contributed by atoms with van der Waals surface area (Å²) in [4.78, 5) is 17.8. The third-order valence-corrected chi connectivity index (χ3v) is 5.59. The summed E-state index contributed by atoms with van der Waals surface area (Å²) in [6.45, 7) is 2.57. The van der Waals surface area contributed by atoms with Gasteiger partial charge in [0.1, 0.15) is 5.82 Å². The molecule has 1 saturated heterocycles. The summed E-state index contributed by atoms with van der Waals surface area (Å²) in [5.41, 5.74) is 10.3. The number of imidazole rings is 1. The lowest BCUT2D eigenvalue weighted by Crippen LogP contribution is -2.36. The number of hydrogen-bond donors (Lipinski definition) is 2. The number of rotatable bonds is 5. The molecule has 0 bridgehead atoms. The van der Waals surface area contributed by atoms with Crippen LogP contribution in [-0.4, -0.2) is 41.6 Å². The van der Waals surface area contributed by atoms with Crippen LogP contribution in [-0.2, 0) is 4.74 Å². The summed E-state index contributed by atoms with van der Waals surface area (Å²) in [5, 5.41) is 3.28. The Bertz CT molecular complexity index is 1280. The van der Waals surface area contributed by atoms with E-state index in [9.17, 15) is 9.18 Å². The molecule has 1 amide bonds. The molecule has 32 heavy (non-hydrogen) atoms. The zero-order valence-electron chi connectivity index (χ0n) is 17.3. The SMILES string of the molecule is NC(=O)c1ccc(-c2ccc(Nc3ccc(N4CCOCC4)c(F)c3)c3nccn23)cc1. The Morgan fingerprint density at radius 2 is 1.84 bits per heavy atom. The molecule has 2 aromatic heterocycles. The van der Waals surface area contributed by atoms with E-state index in [4.69, 9.17) is 10.5 Å². The van der Waals surface area contributed by atoms with Crippen molar-refractivity contribution in [2.45, 2.75) is 0 Å². The van der Waals surface area contributed by atoms with Crippen molar-refractivity contribution in [1.29, 1.82) is 0 Å². The molecule has 7 nitrogen and oxygen atoms in total. The molecular formula is C24H22FN5O2. The first-order valence-corrected chi connectivity index (χ1v) is 10.4. The average Bonchev–Trinajstić information content (AvgIpc) is 3.31. The summed E-state index contributed by atoms with van der Waals surface area (Å²) in [6.07, 6.45) is 3.57. The normalized spacial score (nSPS) is 14.0. The third-order valence-electron chi connectivity index (χ3n) is 5.59. The Kier molecular flexibility index (Phi) is 5.20. The highest BCUT2D eigenvalue weighted by atomic mass is 19.1. The van der Waals surface area contributed by atoms with Crippen LogP contribution in [0.1, 0.15) is 10.4 Å². The minimum absolute atomic E-state index is 0.276. The van der Waals surface area contributed by atoms with Gasteiger partial charge >= 0.3 is 0 Å². The predicted octanol–water partition coefficient (Wildman–Crippen LogP) is 3.82. The number of nitrogens with two attached hydrogens (primary N) is 1. The Morgan fingerprint density at radius 3 is 2.56 bits per heavy atom. The van der Waals surface area contributed by atoms with Gasteiger partial charge in [-0.3, -0.25) is 9.20 Å². The molecule has 0 spiro atoms. The lowest BCUT2D eigenvalue weighted by Gasteiger charge is -2.29. The molecule has 3 N–H and O–H groups in total. The fourth-order valence-corrected chi connectivity index (χ4v) is 3.95. The number of amides is 1. The molecule has 0 aliphatic carbocycles. The molecule has 2 aromatic carbocycles. The van der Waals surface area contributed by atoms with Crippen LogP contribution in [0.3, 0.4) is 0 Å². The standard InChI is InChI=1S/C24H22FN5O2/c25-19-15-18(5-7-22(19)29-11-13-32-14-12-29)28-20-6-8-21(30-10-9-27-24(20)30)16-1-3-17(4-2-16)23(26)31/h1-10,15,28H,11-14H2,(H2,26,31).